The zero-order valence-corrected chi connectivity index (χ0v) is 14.9. The number of nitrogens with two attached hydrogens (primary N) is 1. The van der Waals surface area contributed by atoms with Gasteiger partial charge in [0.25, 0.3) is 0 Å². The zero-order valence-electron chi connectivity index (χ0n) is 14.9. The number of nitrogen functional groups attached to an aromatic ring is 1. The third-order valence-corrected chi connectivity index (χ3v) is 4.86. The summed E-state index contributed by atoms with van der Waals surface area (Å²) in [6.45, 7) is 0. The fourth-order valence-corrected chi connectivity index (χ4v) is 3.45. The fraction of sp³-hybridized carbons (Fsp3) is 0.190. The summed E-state index contributed by atoms with van der Waals surface area (Å²) >= 11 is 0. The molecule has 0 radical (unpaired) electrons. The van der Waals surface area contributed by atoms with Crippen LogP contribution in [0.5, 0.6) is 5.75 Å². The van der Waals surface area contributed by atoms with Gasteiger partial charge in [-0.1, -0.05) is 0 Å². The van der Waals surface area contributed by atoms with Gasteiger partial charge in [-0.05, 0) is 60.7 Å². The van der Waals surface area contributed by atoms with Crippen molar-refractivity contribution in [1.29, 1.82) is 10.7 Å². The highest BCUT2D eigenvalue weighted by atomic mass is 19.1. The summed E-state index contributed by atoms with van der Waals surface area (Å²) in [4.78, 5) is 3.82. The molecule has 7 heteroatoms. The molecule has 1 aliphatic carbocycles. The first-order chi connectivity index (χ1) is 13.6. The third kappa shape index (κ3) is 3.21. The quantitative estimate of drug-likeness (QED) is 0.525. The molecule has 3 N–H and O–H groups in total. The highest BCUT2D eigenvalue weighted by Gasteiger charge is 2.24. The number of benzene rings is 2. The van der Waals surface area contributed by atoms with Crippen molar-refractivity contribution in [3.63, 3.8) is 0 Å². The Bertz CT molecular complexity index is 1090. The molecule has 0 bridgehead atoms. The molecule has 0 spiro atoms. The van der Waals surface area contributed by atoms with Crippen molar-refractivity contribution in [2.45, 2.75) is 25.4 Å². The van der Waals surface area contributed by atoms with Crippen LogP contribution in [0.4, 0.5) is 10.1 Å². The smallest absolute Gasteiger partial charge is 0.181 e. The second-order valence-corrected chi connectivity index (χ2v) is 6.63. The van der Waals surface area contributed by atoms with Crippen LogP contribution in [0.3, 0.4) is 0 Å². The van der Waals surface area contributed by atoms with Crippen LogP contribution >= 0.6 is 0 Å². The molecule has 28 heavy (non-hydrogen) atoms. The van der Waals surface area contributed by atoms with Gasteiger partial charge in [-0.3, -0.25) is 5.41 Å². The number of hydrogen-bond donors (Lipinski definition) is 2. The molecule has 4 rings (SSSR count). The molecule has 6 nitrogen and oxygen atoms in total. The number of hydrogen-bond acceptors (Lipinski definition) is 6. The predicted octanol–water partition coefficient (Wildman–Crippen LogP) is 4.14. The fourth-order valence-electron chi connectivity index (χ4n) is 3.45. The SMILES string of the molecule is N#Cc1cc2c(cc1F)[C@H](Oc1ccc(N)c(C(=N)c3cnco3)c1)CCC2. The summed E-state index contributed by atoms with van der Waals surface area (Å²) < 4.78 is 25.4. The number of nitrogens with zero attached hydrogens (tertiary/aromatic N) is 2. The van der Waals surface area contributed by atoms with E-state index in [1.807, 2.05) is 6.07 Å². The van der Waals surface area contributed by atoms with E-state index in [9.17, 15) is 4.39 Å². The lowest BCUT2D eigenvalue weighted by molar-refractivity contribution is 0.183. The Kier molecular flexibility index (Phi) is 4.53. The summed E-state index contributed by atoms with van der Waals surface area (Å²) in [6, 6.07) is 9.95. The monoisotopic (exact) mass is 376 g/mol. The van der Waals surface area contributed by atoms with Crippen LogP contribution in [0.1, 0.15) is 47.0 Å². The van der Waals surface area contributed by atoms with Crippen molar-refractivity contribution in [3.8, 4) is 11.8 Å². The molecular weight excluding hydrogens is 359 g/mol. The van der Waals surface area contributed by atoms with Gasteiger partial charge in [0.1, 0.15) is 29.5 Å². The van der Waals surface area contributed by atoms with E-state index in [1.54, 1.807) is 24.3 Å². The molecule has 2 aromatic carbocycles. The Hall–Kier alpha value is -3.66. The predicted molar refractivity (Wildman–Crippen MR) is 101 cm³/mol. The lowest BCUT2D eigenvalue weighted by Crippen LogP contribution is -2.16. The number of nitrogens with one attached hydrogen (secondary N) is 1. The van der Waals surface area contributed by atoms with Crippen LogP contribution in [0, 0.1) is 22.6 Å². The zero-order chi connectivity index (χ0) is 19.7. The van der Waals surface area contributed by atoms with Crippen LogP contribution in [-0.2, 0) is 6.42 Å². The van der Waals surface area contributed by atoms with E-state index in [0.717, 1.165) is 30.4 Å². The summed E-state index contributed by atoms with van der Waals surface area (Å²) in [5, 5.41) is 17.3. The van der Waals surface area contributed by atoms with E-state index >= 15 is 0 Å². The number of halogens is 1. The van der Waals surface area contributed by atoms with E-state index in [2.05, 4.69) is 4.98 Å². The molecule has 0 aliphatic heterocycles. The maximum atomic E-state index is 14.1. The van der Waals surface area contributed by atoms with Gasteiger partial charge < -0.3 is 14.9 Å². The number of ether oxygens (including phenoxy) is 1. The van der Waals surface area contributed by atoms with E-state index in [4.69, 9.17) is 25.6 Å². The van der Waals surface area contributed by atoms with Crippen molar-refractivity contribution in [2.75, 3.05) is 5.73 Å². The summed E-state index contributed by atoms with van der Waals surface area (Å²) in [7, 11) is 0. The third-order valence-electron chi connectivity index (χ3n) is 4.86. The lowest BCUT2D eigenvalue weighted by atomic mass is 9.88. The number of aryl methyl sites for hydroxylation is 1. The van der Waals surface area contributed by atoms with Gasteiger partial charge >= 0.3 is 0 Å². The number of fused-ring (bicyclic) bond motifs is 1. The maximum Gasteiger partial charge on any atom is 0.181 e. The average molecular weight is 376 g/mol. The van der Waals surface area contributed by atoms with Crippen molar-refractivity contribution in [2.24, 2.45) is 0 Å². The summed E-state index contributed by atoms with van der Waals surface area (Å²) in [6.07, 6.45) is 4.77. The van der Waals surface area contributed by atoms with E-state index in [1.165, 1.54) is 18.7 Å². The summed E-state index contributed by atoms with van der Waals surface area (Å²) in [5.41, 5.74) is 8.75. The average Bonchev–Trinajstić information content (AvgIpc) is 3.24. The number of aromatic nitrogens is 1. The molecule has 0 unspecified atom stereocenters. The molecule has 0 saturated heterocycles. The molecule has 3 aromatic rings. The minimum atomic E-state index is -0.540. The number of rotatable bonds is 4. The Morgan fingerprint density at radius 1 is 1.36 bits per heavy atom. The van der Waals surface area contributed by atoms with Gasteiger partial charge in [-0.25, -0.2) is 9.37 Å². The maximum absolute atomic E-state index is 14.1. The van der Waals surface area contributed by atoms with E-state index < -0.39 is 5.82 Å². The van der Waals surface area contributed by atoms with Crippen LogP contribution in [-0.4, -0.2) is 10.7 Å². The molecule has 1 atom stereocenters. The highest BCUT2D eigenvalue weighted by molar-refractivity contribution is 6.12. The first-order valence-corrected chi connectivity index (χ1v) is 8.83. The normalized spacial score (nSPS) is 15.5. The Labute approximate surface area is 160 Å². The topological polar surface area (TPSA) is 109 Å². The van der Waals surface area contributed by atoms with Crippen molar-refractivity contribution >= 4 is 11.4 Å². The van der Waals surface area contributed by atoms with E-state index in [-0.39, 0.29) is 17.4 Å². The molecule has 1 aliphatic rings. The Balaban J connectivity index is 1.64. The van der Waals surface area contributed by atoms with Gasteiger partial charge in [0.2, 0.25) is 0 Å². The number of oxazole rings is 1. The van der Waals surface area contributed by atoms with Gasteiger partial charge in [0.15, 0.2) is 12.2 Å². The van der Waals surface area contributed by atoms with Crippen LogP contribution in [0.15, 0.2) is 47.3 Å². The number of nitriles is 1. The molecule has 0 saturated carbocycles. The highest BCUT2D eigenvalue weighted by Crippen LogP contribution is 2.36. The molecule has 1 heterocycles. The lowest BCUT2D eigenvalue weighted by Gasteiger charge is -2.27. The number of anilines is 1. The first-order valence-electron chi connectivity index (χ1n) is 8.83. The first kappa shape index (κ1) is 17.7. The van der Waals surface area contributed by atoms with Crippen molar-refractivity contribution in [1.82, 2.24) is 4.98 Å². The van der Waals surface area contributed by atoms with Gasteiger partial charge in [-0.2, -0.15) is 5.26 Å². The molecule has 0 amide bonds. The molecular formula is C21H17FN4O2. The Morgan fingerprint density at radius 2 is 2.21 bits per heavy atom. The molecule has 1 aromatic heterocycles. The Morgan fingerprint density at radius 3 is 2.96 bits per heavy atom. The van der Waals surface area contributed by atoms with Crippen LogP contribution in [0.2, 0.25) is 0 Å². The van der Waals surface area contributed by atoms with Gasteiger partial charge in [-0.15, -0.1) is 0 Å². The standard InChI is InChI=1S/C21H17FN4O2/c22-17-8-15-12(6-13(17)9-23)2-1-3-19(15)28-14-4-5-18(24)16(7-14)21(25)20-10-26-11-27-20/h4-8,10-11,19,25H,1-3,24H2/t19-/m1/s1. The van der Waals surface area contributed by atoms with Gasteiger partial charge in [0, 0.05) is 11.3 Å². The van der Waals surface area contributed by atoms with E-state index in [0.29, 0.717) is 22.8 Å². The van der Waals surface area contributed by atoms with Crippen LogP contribution in [0.25, 0.3) is 0 Å². The summed E-state index contributed by atoms with van der Waals surface area (Å²) in [5.74, 6) is 0.288. The van der Waals surface area contributed by atoms with Crippen LogP contribution < -0.4 is 10.5 Å². The van der Waals surface area contributed by atoms with Crippen molar-refractivity contribution in [3.05, 3.63) is 76.8 Å². The van der Waals surface area contributed by atoms with Crippen molar-refractivity contribution < 1.29 is 13.5 Å². The second-order valence-electron chi connectivity index (χ2n) is 6.63. The minimum absolute atomic E-state index is 0.0506. The van der Waals surface area contributed by atoms with Gasteiger partial charge in [0.05, 0.1) is 11.8 Å². The minimum Gasteiger partial charge on any atom is -0.486 e. The molecule has 0 fully saturated rings. The second kappa shape index (κ2) is 7.16. The largest absolute Gasteiger partial charge is 0.486 e. The molecule has 140 valence electrons.